The average molecular weight is 274 g/mol. The molecule has 5 heteroatoms. The molecule has 0 unspecified atom stereocenters. The summed E-state index contributed by atoms with van der Waals surface area (Å²) in [6, 6.07) is 1.63. The number of carbonyl (C=O) groups is 1. The molecule has 2 aliphatic rings. The zero-order valence-corrected chi connectivity index (χ0v) is 11.8. The molecule has 4 N–H and O–H groups in total. The zero-order chi connectivity index (χ0) is 14.2. The Bertz CT molecular complexity index is 513. The highest BCUT2D eigenvalue weighted by atomic mass is 16.1. The molecule has 1 aromatic heterocycles. The van der Waals surface area contributed by atoms with Gasteiger partial charge in [0.15, 0.2) is 0 Å². The van der Waals surface area contributed by atoms with Crippen LogP contribution in [-0.2, 0) is 0 Å². The minimum absolute atomic E-state index is 0.437. The number of hydrogen-bond donors (Lipinski definition) is 2. The van der Waals surface area contributed by atoms with Crippen LogP contribution in [0, 0.1) is 5.41 Å². The molecule has 1 spiro atoms. The van der Waals surface area contributed by atoms with Gasteiger partial charge in [-0.1, -0.05) is 12.8 Å². The predicted molar refractivity (Wildman–Crippen MR) is 79.5 cm³/mol. The maximum atomic E-state index is 11.6. The van der Waals surface area contributed by atoms with Crippen LogP contribution in [0.15, 0.2) is 12.3 Å². The molecule has 5 nitrogen and oxygen atoms in total. The molecule has 3 rings (SSSR count). The van der Waals surface area contributed by atoms with Crippen LogP contribution in [0.4, 0.5) is 11.5 Å². The zero-order valence-electron chi connectivity index (χ0n) is 11.8. The maximum Gasteiger partial charge on any atom is 0.252 e. The summed E-state index contributed by atoms with van der Waals surface area (Å²) in [4.78, 5) is 18.1. The summed E-state index contributed by atoms with van der Waals surface area (Å²) in [5.41, 5.74) is 12.6. The second-order valence-corrected chi connectivity index (χ2v) is 6.20. The van der Waals surface area contributed by atoms with E-state index in [-0.39, 0.29) is 0 Å². The van der Waals surface area contributed by atoms with E-state index in [1.807, 2.05) is 0 Å². The lowest BCUT2D eigenvalue weighted by molar-refractivity contribution is 0.1000. The van der Waals surface area contributed by atoms with Crippen molar-refractivity contribution in [2.24, 2.45) is 11.1 Å². The first-order chi connectivity index (χ1) is 9.60. The summed E-state index contributed by atoms with van der Waals surface area (Å²) in [6.45, 7) is 1.91. The quantitative estimate of drug-likeness (QED) is 0.862. The highest BCUT2D eigenvalue weighted by Crippen LogP contribution is 2.46. The number of pyridine rings is 1. The summed E-state index contributed by atoms with van der Waals surface area (Å²) in [5.74, 6) is 0.237. The minimum atomic E-state index is -0.457. The average Bonchev–Trinajstić information content (AvgIpc) is 2.88. The summed E-state index contributed by atoms with van der Waals surface area (Å²) >= 11 is 0. The van der Waals surface area contributed by atoms with E-state index in [1.54, 1.807) is 12.3 Å². The third kappa shape index (κ3) is 2.32. The number of primary amides is 1. The van der Waals surface area contributed by atoms with Crippen LogP contribution in [0.2, 0.25) is 0 Å². The number of aromatic nitrogens is 1. The van der Waals surface area contributed by atoms with E-state index in [2.05, 4.69) is 9.88 Å². The number of hydrogen-bond acceptors (Lipinski definition) is 4. The molecule has 1 aliphatic heterocycles. The standard InChI is InChI=1S/C15H22N4O/c16-11-9-12(13(17)20)14(18-10-11)19-7-5-15(6-8-19)3-1-2-4-15/h9-10H,1-8,16H2,(H2,17,20). The predicted octanol–water partition coefficient (Wildman–Crippen LogP) is 1.92. The summed E-state index contributed by atoms with van der Waals surface area (Å²) < 4.78 is 0. The Hall–Kier alpha value is -1.78. The van der Waals surface area contributed by atoms with Crippen molar-refractivity contribution in [2.75, 3.05) is 23.7 Å². The van der Waals surface area contributed by atoms with E-state index < -0.39 is 5.91 Å². The molecular weight excluding hydrogens is 252 g/mol. The Kier molecular flexibility index (Phi) is 3.28. The van der Waals surface area contributed by atoms with Crippen molar-refractivity contribution < 1.29 is 4.79 Å². The van der Waals surface area contributed by atoms with Crippen molar-refractivity contribution in [1.82, 2.24) is 4.98 Å². The van der Waals surface area contributed by atoms with Crippen LogP contribution in [-0.4, -0.2) is 24.0 Å². The third-order valence-corrected chi connectivity index (χ3v) is 4.94. The van der Waals surface area contributed by atoms with Gasteiger partial charge in [0.25, 0.3) is 5.91 Å². The van der Waals surface area contributed by atoms with Gasteiger partial charge in [-0.2, -0.15) is 0 Å². The number of piperidine rings is 1. The fourth-order valence-electron chi connectivity index (χ4n) is 3.72. The summed E-state index contributed by atoms with van der Waals surface area (Å²) in [7, 11) is 0. The number of nitrogen functional groups attached to an aromatic ring is 1. The van der Waals surface area contributed by atoms with Crippen LogP contribution < -0.4 is 16.4 Å². The monoisotopic (exact) mass is 274 g/mol. The molecule has 1 aliphatic carbocycles. The molecule has 0 aromatic carbocycles. The van der Waals surface area contributed by atoms with Crippen molar-refractivity contribution in [3.8, 4) is 0 Å². The van der Waals surface area contributed by atoms with Gasteiger partial charge in [0.1, 0.15) is 5.82 Å². The number of nitrogens with zero attached hydrogens (tertiary/aromatic N) is 2. The van der Waals surface area contributed by atoms with Gasteiger partial charge >= 0.3 is 0 Å². The Morgan fingerprint density at radius 1 is 1.20 bits per heavy atom. The molecule has 0 radical (unpaired) electrons. The molecule has 2 heterocycles. The SMILES string of the molecule is NC(=O)c1cc(N)cnc1N1CCC2(CCCC2)CC1. The number of rotatable bonds is 2. The van der Waals surface area contributed by atoms with E-state index in [1.165, 1.54) is 38.5 Å². The topological polar surface area (TPSA) is 85.2 Å². The number of nitrogens with two attached hydrogens (primary N) is 2. The number of amides is 1. The van der Waals surface area contributed by atoms with Gasteiger partial charge in [-0.3, -0.25) is 4.79 Å². The second kappa shape index (κ2) is 4.96. The first-order valence-electron chi connectivity index (χ1n) is 7.40. The lowest BCUT2D eigenvalue weighted by Gasteiger charge is -2.40. The molecule has 1 amide bonds. The lowest BCUT2D eigenvalue weighted by Crippen LogP contribution is -2.40. The molecule has 20 heavy (non-hydrogen) atoms. The van der Waals surface area contributed by atoms with Crippen molar-refractivity contribution in [3.05, 3.63) is 17.8 Å². The lowest BCUT2D eigenvalue weighted by atomic mass is 9.77. The first kappa shape index (κ1) is 13.2. The normalized spacial score (nSPS) is 21.3. The second-order valence-electron chi connectivity index (χ2n) is 6.20. The van der Waals surface area contributed by atoms with Crippen molar-refractivity contribution in [1.29, 1.82) is 0 Å². The fourth-order valence-corrected chi connectivity index (χ4v) is 3.72. The molecule has 1 aromatic rings. The molecular formula is C15H22N4O. The van der Waals surface area contributed by atoms with Gasteiger partial charge in [-0.15, -0.1) is 0 Å². The van der Waals surface area contributed by atoms with Gasteiger partial charge in [0.05, 0.1) is 17.4 Å². The van der Waals surface area contributed by atoms with Crippen molar-refractivity contribution in [2.45, 2.75) is 38.5 Å². The molecule has 1 saturated heterocycles. The first-order valence-corrected chi connectivity index (χ1v) is 7.40. The van der Waals surface area contributed by atoms with Crippen LogP contribution in [0.5, 0.6) is 0 Å². The van der Waals surface area contributed by atoms with Crippen molar-refractivity contribution >= 4 is 17.4 Å². The highest BCUT2D eigenvalue weighted by Gasteiger charge is 2.37. The largest absolute Gasteiger partial charge is 0.397 e. The van der Waals surface area contributed by atoms with Gasteiger partial charge in [0, 0.05) is 13.1 Å². The molecule has 0 atom stereocenters. The Balaban J connectivity index is 1.79. The Morgan fingerprint density at radius 3 is 2.45 bits per heavy atom. The van der Waals surface area contributed by atoms with Gasteiger partial charge in [0.2, 0.25) is 0 Å². The Morgan fingerprint density at radius 2 is 1.85 bits per heavy atom. The van der Waals surface area contributed by atoms with E-state index in [0.717, 1.165) is 13.1 Å². The fraction of sp³-hybridized carbons (Fsp3) is 0.600. The van der Waals surface area contributed by atoms with Gasteiger partial charge in [-0.05, 0) is 37.2 Å². The minimum Gasteiger partial charge on any atom is -0.397 e. The van der Waals surface area contributed by atoms with Crippen LogP contribution in [0.1, 0.15) is 48.9 Å². The van der Waals surface area contributed by atoms with Gasteiger partial charge in [-0.25, -0.2) is 4.98 Å². The molecule has 108 valence electrons. The molecule has 1 saturated carbocycles. The number of anilines is 2. The maximum absolute atomic E-state index is 11.6. The summed E-state index contributed by atoms with van der Waals surface area (Å²) in [5, 5.41) is 0. The van der Waals surface area contributed by atoms with Crippen LogP contribution in [0.25, 0.3) is 0 Å². The van der Waals surface area contributed by atoms with Crippen LogP contribution in [0.3, 0.4) is 0 Å². The van der Waals surface area contributed by atoms with E-state index >= 15 is 0 Å². The Labute approximate surface area is 119 Å². The third-order valence-electron chi connectivity index (χ3n) is 4.94. The smallest absolute Gasteiger partial charge is 0.252 e. The van der Waals surface area contributed by atoms with E-state index in [9.17, 15) is 4.79 Å². The van der Waals surface area contributed by atoms with Crippen molar-refractivity contribution in [3.63, 3.8) is 0 Å². The molecule has 0 bridgehead atoms. The van der Waals surface area contributed by atoms with E-state index in [4.69, 9.17) is 11.5 Å². The van der Waals surface area contributed by atoms with Gasteiger partial charge < -0.3 is 16.4 Å². The van der Waals surface area contributed by atoms with Crippen LogP contribution >= 0.6 is 0 Å². The summed E-state index contributed by atoms with van der Waals surface area (Å²) in [6.07, 6.45) is 9.44. The van der Waals surface area contributed by atoms with E-state index in [0.29, 0.717) is 22.5 Å². The highest BCUT2D eigenvalue weighted by molar-refractivity contribution is 5.98. The number of carbonyl (C=O) groups excluding carboxylic acids is 1. The molecule has 2 fully saturated rings.